The van der Waals surface area contributed by atoms with Gasteiger partial charge in [-0.1, -0.05) is 13.8 Å². The van der Waals surface area contributed by atoms with Crippen LogP contribution in [0.1, 0.15) is 20.8 Å². The number of hydrogen-bond donors (Lipinski definition) is 2. The highest BCUT2D eigenvalue weighted by Gasteiger charge is 2.34. The van der Waals surface area contributed by atoms with Crippen molar-refractivity contribution in [3.63, 3.8) is 0 Å². The molecule has 0 radical (unpaired) electrons. The van der Waals surface area contributed by atoms with Crippen LogP contribution >= 0.6 is 0 Å². The van der Waals surface area contributed by atoms with E-state index in [4.69, 9.17) is 4.74 Å². The molecule has 0 bridgehead atoms. The van der Waals surface area contributed by atoms with Crippen molar-refractivity contribution >= 4 is 17.8 Å². The van der Waals surface area contributed by atoms with Gasteiger partial charge in [0.1, 0.15) is 6.10 Å². The SMILES string of the molecule is CCNC(=O)[C@H](O)C(C)(C)COC(=O)/C=C/C(=O)OC. The molecule has 0 aromatic carbocycles. The van der Waals surface area contributed by atoms with Crippen LogP contribution in [0, 0.1) is 5.41 Å². The third kappa shape index (κ3) is 6.33. The first-order valence-electron chi connectivity index (χ1n) is 6.13. The molecular weight excluding hydrogens is 266 g/mol. The summed E-state index contributed by atoms with van der Waals surface area (Å²) < 4.78 is 9.19. The summed E-state index contributed by atoms with van der Waals surface area (Å²) in [5.41, 5.74) is -0.950. The van der Waals surface area contributed by atoms with Gasteiger partial charge >= 0.3 is 11.9 Å². The number of carbonyl (C=O) groups is 3. The van der Waals surface area contributed by atoms with Crippen LogP contribution in [0.15, 0.2) is 12.2 Å². The number of carbonyl (C=O) groups excluding carboxylic acids is 3. The van der Waals surface area contributed by atoms with Crippen molar-refractivity contribution in [1.29, 1.82) is 0 Å². The highest BCUT2D eigenvalue weighted by molar-refractivity contribution is 5.91. The lowest BCUT2D eigenvalue weighted by molar-refractivity contribution is -0.149. The van der Waals surface area contributed by atoms with Gasteiger partial charge in [-0.3, -0.25) is 4.79 Å². The van der Waals surface area contributed by atoms with E-state index in [1.807, 2.05) is 0 Å². The summed E-state index contributed by atoms with van der Waals surface area (Å²) in [6, 6.07) is 0. The fourth-order valence-corrected chi connectivity index (χ4v) is 1.21. The molecule has 0 aromatic heterocycles. The molecule has 0 unspecified atom stereocenters. The second kappa shape index (κ2) is 8.31. The Labute approximate surface area is 117 Å². The fraction of sp³-hybridized carbons (Fsp3) is 0.615. The van der Waals surface area contributed by atoms with Crippen LogP contribution < -0.4 is 5.32 Å². The topological polar surface area (TPSA) is 102 Å². The minimum Gasteiger partial charge on any atom is -0.466 e. The number of ether oxygens (including phenoxy) is 2. The van der Waals surface area contributed by atoms with Crippen LogP contribution in [0.2, 0.25) is 0 Å². The normalized spacial score (nSPS) is 12.8. The van der Waals surface area contributed by atoms with Crippen LogP contribution in [-0.4, -0.2) is 49.3 Å². The maximum Gasteiger partial charge on any atom is 0.331 e. The number of aliphatic hydroxyl groups is 1. The molecule has 0 saturated heterocycles. The first-order chi connectivity index (χ1) is 9.24. The summed E-state index contributed by atoms with van der Waals surface area (Å²) in [6.07, 6.45) is 0.538. The molecule has 1 atom stereocenters. The average Bonchev–Trinajstić information content (AvgIpc) is 2.41. The lowest BCUT2D eigenvalue weighted by atomic mass is 9.87. The Morgan fingerprint density at radius 2 is 1.80 bits per heavy atom. The quantitative estimate of drug-likeness (QED) is 0.496. The summed E-state index contributed by atoms with van der Waals surface area (Å²) in [4.78, 5) is 33.6. The summed E-state index contributed by atoms with van der Waals surface area (Å²) in [7, 11) is 1.18. The third-order valence-corrected chi connectivity index (χ3v) is 2.48. The number of esters is 2. The predicted octanol–water partition coefficient (Wildman–Crippen LogP) is -0.218. The summed E-state index contributed by atoms with van der Waals surface area (Å²) in [6.45, 7) is 5.13. The lowest BCUT2D eigenvalue weighted by Crippen LogP contribution is -2.46. The van der Waals surface area contributed by atoms with Gasteiger partial charge in [-0.25, -0.2) is 9.59 Å². The van der Waals surface area contributed by atoms with Crippen molar-refractivity contribution in [1.82, 2.24) is 5.32 Å². The number of amides is 1. The van der Waals surface area contributed by atoms with Crippen LogP contribution in [0.5, 0.6) is 0 Å². The van der Waals surface area contributed by atoms with E-state index in [9.17, 15) is 19.5 Å². The van der Waals surface area contributed by atoms with Crippen molar-refractivity contribution in [3.8, 4) is 0 Å². The molecule has 0 rings (SSSR count). The van der Waals surface area contributed by atoms with Crippen molar-refractivity contribution < 1.29 is 29.0 Å². The van der Waals surface area contributed by atoms with Crippen LogP contribution in [0.4, 0.5) is 0 Å². The van der Waals surface area contributed by atoms with Crippen molar-refractivity contribution in [2.75, 3.05) is 20.3 Å². The standard InChI is InChI=1S/C13H21NO6/c1-5-14-12(18)11(17)13(2,3)8-20-10(16)7-6-9(15)19-4/h6-7,11,17H,5,8H2,1-4H3,(H,14,18)/b7-6+/t11-/m0/s1. The number of nitrogens with one attached hydrogen (secondary N) is 1. The van der Waals surface area contributed by atoms with Gasteiger partial charge < -0.3 is 19.9 Å². The van der Waals surface area contributed by atoms with E-state index in [0.29, 0.717) is 6.54 Å². The van der Waals surface area contributed by atoms with Crippen molar-refractivity contribution in [2.24, 2.45) is 5.41 Å². The molecule has 7 heteroatoms. The van der Waals surface area contributed by atoms with Crippen LogP contribution in [-0.2, 0) is 23.9 Å². The van der Waals surface area contributed by atoms with Crippen molar-refractivity contribution in [3.05, 3.63) is 12.2 Å². The average molecular weight is 287 g/mol. The summed E-state index contributed by atoms with van der Waals surface area (Å²) >= 11 is 0. The van der Waals surface area contributed by atoms with Crippen LogP contribution in [0.25, 0.3) is 0 Å². The smallest absolute Gasteiger partial charge is 0.331 e. The van der Waals surface area contributed by atoms with E-state index in [-0.39, 0.29) is 6.61 Å². The Morgan fingerprint density at radius 3 is 2.30 bits per heavy atom. The Morgan fingerprint density at radius 1 is 1.25 bits per heavy atom. The fourth-order valence-electron chi connectivity index (χ4n) is 1.21. The molecule has 20 heavy (non-hydrogen) atoms. The first-order valence-corrected chi connectivity index (χ1v) is 6.13. The molecular formula is C13H21NO6. The second-order valence-electron chi connectivity index (χ2n) is 4.75. The van der Waals surface area contributed by atoms with Crippen LogP contribution in [0.3, 0.4) is 0 Å². The maximum absolute atomic E-state index is 11.5. The maximum atomic E-state index is 11.5. The Bertz CT molecular complexity index is 388. The van der Waals surface area contributed by atoms with E-state index >= 15 is 0 Å². The molecule has 0 aliphatic carbocycles. The molecule has 0 aliphatic rings. The zero-order valence-corrected chi connectivity index (χ0v) is 12.1. The van der Waals surface area contributed by atoms with Gasteiger partial charge in [0.15, 0.2) is 0 Å². The molecule has 0 aliphatic heterocycles. The van der Waals surface area contributed by atoms with E-state index in [0.717, 1.165) is 12.2 Å². The highest BCUT2D eigenvalue weighted by Crippen LogP contribution is 2.21. The van der Waals surface area contributed by atoms with E-state index in [1.165, 1.54) is 7.11 Å². The molecule has 0 aromatic rings. The second-order valence-corrected chi connectivity index (χ2v) is 4.75. The summed E-state index contributed by atoms with van der Waals surface area (Å²) in [5, 5.41) is 12.3. The number of likely N-dealkylation sites (N-methyl/N-ethyl adjacent to an activating group) is 1. The molecule has 0 saturated carbocycles. The predicted molar refractivity (Wildman–Crippen MR) is 70.6 cm³/mol. The lowest BCUT2D eigenvalue weighted by Gasteiger charge is -2.28. The molecule has 0 spiro atoms. The van der Waals surface area contributed by atoms with Gasteiger partial charge in [-0.2, -0.15) is 0 Å². The number of rotatable bonds is 7. The summed E-state index contributed by atoms with van der Waals surface area (Å²) in [5.74, 6) is -1.96. The molecule has 1 amide bonds. The number of aliphatic hydroxyl groups excluding tert-OH is 1. The van der Waals surface area contributed by atoms with Gasteiger partial charge in [0.25, 0.3) is 0 Å². The van der Waals surface area contributed by atoms with Gasteiger partial charge in [0.2, 0.25) is 5.91 Å². The Balaban J connectivity index is 4.41. The van der Waals surface area contributed by atoms with E-state index < -0.39 is 29.4 Å². The van der Waals surface area contributed by atoms with Gasteiger partial charge in [-0.05, 0) is 6.92 Å². The van der Waals surface area contributed by atoms with Gasteiger partial charge in [-0.15, -0.1) is 0 Å². The van der Waals surface area contributed by atoms with Crippen molar-refractivity contribution in [2.45, 2.75) is 26.9 Å². The molecule has 2 N–H and O–H groups in total. The largest absolute Gasteiger partial charge is 0.466 e. The minimum atomic E-state index is -1.31. The molecule has 0 fully saturated rings. The monoisotopic (exact) mass is 287 g/mol. The minimum absolute atomic E-state index is 0.171. The Kier molecular flexibility index (Phi) is 7.53. The third-order valence-electron chi connectivity index (χ3n) is 2.48. The molecule has 114 valence electrons. The van der Waals surface area contributed by atoms with Gasteiger partial charge in [0.05, 0.1) is 13.7 Å². The zero-order valence-electron chi connectivity index (χ0n) is 12.1. The molecule has 0 heterocycles. The first kappa shape index (κ1) is 18.1. The van der Waals surface area contributed by atoms with Gasteiger partial charge in [0, 0.05) is 24.1 Å². The Hall–Kier alpha value is -1.89. The number of hydrogen-bond acceptors (Lipinski definition) is 6. The van der Waals surface area contributed by atoms with E-state index in [2.05, 4.69) is 10.1 Å². The zero-order chi connectivity index (χ0) is 15.8. The molecule has 7 nitrogen and oxygen atoms in total. The van der Waals surface area contributed by atoms with E-state index in [1.54, 1.807) is 20.8 Å². The number of methoxy groups -OCH3 is 1. The highest BCUT2D eigenvalue weighted by atomic mass is 16.5.